The summed E-state index contributed by atoms with van der Waals surface area (Å²) < 4.78 is 0. The molecule has 58 valence electrons. The van der Waals surface area contributed by atoms with Crippen molar-refractivity contribution >= 4 is 0 Å². The van der Waals surface area contributed by atoms with Crippen molar-refractivity contribution in [2.24, 2.45) is 5.92 Å². The normalized spacial score (nSPS) is 19.6. The molecule has 10 heavy (non-hydrogen) atoms. The lowest BCUT2D eigenvalue weighted by Gasteiger charge is -2.07. The average molecular weight is 139 g/mol. The molecule has 1 N–H and O–H groups in total. The second kappa shape index (κ2) is 4.51. The van der Waals surface area contributed by atoms with Gasteiger partial charge in [-0.05, 0) is 25.3 Å². The smallest absolute Gasteiger partial charge is 0.0132 e. The largest absolute Gasteiger partial charge is 0.313 e. The highest BCUT2D eigenvalue weighted by molar-refractivity contribution is 4.74. The van der Waals surface area contributed by atoms with Crippen LogP contribution in [0.1, 0.15) is 25.7 Å². The van der Waals surface area contributed by atoms with Crippen molar-refractivity contribution in [1.82, 2.24) is 5.32 Å². The van der Waals surface area contributed by atoms with E-state index in [0.717, 1.165) is 12.5 Å². The molecule has 0 amide bonds. The van der Waals surface area contributed by atoms with Gasteiger partial charge in [-0.2, -0.15) is 0 Å². The maximum absolute atomic E-state index is 3.66. The van der Waals surface area contributed by atoms with Crippen molar-refractivity contribution in [3.8, 4) is 0 Å². The summed E-state index contributed by atoms with van der Waals surface area (Å²) in [7, 11) is 0. The molecule has 0 bridgehead atoms. The Kier molecular flexibility index (Phi) is 3.52. The summed E-state index contributed by atoms with van der Waals surface area (Å²) in [5.74, 6) is 0.958. The molecular weight excluding hydrogens is 122 g/mol. The van der Waals surface area contributed by atoms with Gasteiger partial charge in [0.25, 0.3) is 0 Å². The summed E-state index contributed by atoms with van der Waals surface area (Å²) in [6, 6.07) is 0. The zero-order valence-electron chi connectivity index (χ0n) is 6.60. The molecule has 0 atom stereocenters. The van der Waals surface area contributed by atoms with Gasteiger partial charge in [-0.1, -0.05) is 18.9 Å². The zero-order chi connectivity index (χ0) is 7.23. The Hall–Kier alpha value is -0.300. The van der Waals surface area contributed by atoms with E-state index in [-0.39, 0.29) is 0 Å². The summed E-state index contributed by atoms with van der Waals surface area (Å²) >= 11 is 0. The van der Waals surface area contributed by atoms with Crippen molar-refractivity contribution in [2.45, 2.75) is 25.7 Å². The molecule has 1 nitrogen and oxygen atoms in total. The van der Waals surface area contributed by atoms with Gasteiger partial charge < -0.3 is 5.32 Å². The molecule has 0 aromatic rings. The summed E-state index contributed by atoms with van der Waals surface area (Å²) in [6.45, 7) is 5.83. The molecule has 0 aromatic heterocycles. The van der Waals surface area contributed by atoms with E-state index in [2.05, 4.69) is 11.9 Å². The third kappa shape index (κ3) is 2.53. The van der Waals surface area contributed by atoms with Crippen LogP contribution in [0.15, 0.2) is 12.7 Å². The third-order valence-electron chi connectivity index (χ3n) is 2.20. The minimum Gasteiger partial charge on any atom is -0.313 e. The fourth-order valence-electron chi connectivity index (χ4n) is 1.60. The first-order chi connectivity index (χ1) is 4.93. The summed E-state index contributed by atoms with van der Waals surface area (Å²) in [6.07, 6.45) is 7.68. The molecule has 0 aliphatic heterocycles. The Morgan fingerprint density at radius 1 is 1.40 bits per heavy atom. The fourth-order valence-corrected chi connectivity index (χ4v) is 1.60. The van der Waals surface area contributed by atoms with Gasteiger partial charge in [-0.3, -0.25) is 0 Å². The van der Waals surface area contributed by atoms with Crippen LogP contribution < -0.4 is 5.32 Å². The van der Waals surface area contributed by atoms with Crippen LogP contribution in [0, 0.1) is 5.92 Å². The van der Waals surface area contributed by atoms with Crippen LogP contribution in [0.25, 0.3) is 0 Å². The minimum atomic E-state index is 0.958. The maximum atomic E-state index is 3.66. The van der Waals surface area contributed by atoms with Gasteiger partial charge >= 0.3 is 0 Å². The van der Waals surface area contributed by atoms with Gasteiger partial charge in [-0.15, -0.1) is 6.58 Å². The molecule has 0 spiro atoms. The lowest BCUT2D eigenvalue weighted by atomic mass is 10.1. The van der Waals surface area contributed by atoms with Crippen molar-refractivity contribution in [1.29, 1.82) is 0 Å². The van der Waals surface area contributed by atoms with Crippen LogP contribution in [0.4, 0.5) is 0 Å². The van der Waals surface area contributed by atoms with Crippen molar-refractivity contribution in [3.63, 3.8) is 0 Å². The van der Waals surface area contributed by atoms with Gasteiger partial charge in [0, 0.05) is 6.54 Å². The molecule has 1 fully saturated rings. The predicted octanol–water partition coefficient (Wildman–Crippen LogP) is 1.95. The molecule has 1 rings (SSSR count). The van der Waals surface area contributed by atoms with E-state index in [1.54, 1.807) is 0 Å². The zero-order valence-corrected chi connectivity index (χ0v) is 6.60. The van der Waals surface area contributed by atoms with Crippen LogP contribution in [0.5, 0.6) is 0 Å². The predicted molar refractivity (Wildman–Crippen MR) is 45.0 cm³/mol. The topological polar surface area (TPSA) is 12.0 Å². The van der Waals surface area contributed by atoms with Gasteiger partial charge in [0.15, 0.2) is 0 Å². The van der Waals surface area contributed by atoms with Gasteiger partial charge in [-0.25, -0.2) is 0 Å². The highest BCUT2D eigenvalue weighted by atomic mass is 14.8. The van der Waals surface area contributed by atoms with E-state index in [1.807, 2.05) is 6.08 Å². The molecular formula is C9H17N. The van der Waals surface area contributed by atoms with Gasteiger partial charge in [0.2, 0.25) is 0 Å². The molecule has 0 radical (unpaired) electrons. The maximum Gasteiger partial charge on any atom is 0.0132 e. The molecule has 0 aromatic carbocycles. The second-order valence-electron chi connectivity index (χ2n) is 3.10. The van der Waals surface area contributed by atoms with E-state index >= 15 is 0 Å². The summed E-state index contributed by atoms with van der Waals surface area (Å²) in [5, 5.41) is 3.36. The highest BCUT2D eigenvalue weighted by Gasteiger charge is 2.13. The molecule has 1 aliphatic rings. The molecule has 1 heteroatoms. The first-order valence-electron chi connectivity index (χ1n) is 4.25. The van der Waals surface area contributed by atoms with Crippen molar-refractivity contribution < 1.29 is 0 Å². The van der Waals surface area contributed by atoms with Crippen LogP contribution in [0.2, 0.25) is 0 Å². The SMILES string of the molecule is C=CCNCC1CCCC1. The first kappa shape index (κ1) is 7.80. The summed E-state index contributed by atoms with van der Waals surface area (Å²) in [4.78, 5) is 0. The highest BCUT2D eigenvalue weighted by Crippen LogP contribution is 2.23. The van der Waals surface area contributed by atoms with Gasteiger partial charge in [0.1, 0.15) is 0 Å². The number of nitrogens with one attached hydrogen (secondary N) is 1. The van der Waals surface area contributed by atoms with Crippen LogP contribution in [-0.2, 0) is 0 Å². The second-order valence-corrected chi connectivity index (χ2v) is 3.10. The Balaban J connectivity index is 1.96. The lowest BCUT2D eigenvalue weighted by molar-refractivity contribution is 0.505. The minimum absolute atomic E-state index is 0.958. The van der Waals surface area contributed by atoms with E-state index in [4.69, 9.17) is 0 Å². The van der Waals surface area contributed by atoms with Crippen molar-refractivity contribution in [2.75, 3.05) is 13.1 Å². The third-order valence-corrected chi connectivity index (χ3v) is 2.20. The Bertz CT molecular complexity index is 92.9. The van der Waals surface area contributed by atoms with E-state index in [0.29, 0.717) is 0 Å². The fraction of sp³-hybridized carbons (Fsp3) is 0.778. The van der Waals surface area contributed by atoms with Crippen molar-refractivity contribution in [3.05, 3.63) is 12.7 Å². The molecule has 1 saturated carbocycles. The number of hydrogen-bond acceptors (Lipinski definition) is 1. The molecule has 0 heterocycles. The van der Waals surface area contributed by atoms with Crippen LogP contribution >= 0.6 is 0 Å². The summed E-state index contributed by atoms with van der Waals surface area (Å²) in [5.41, 5.74) is 0. The molecule has 0 saturated heterocycles. The number of hydrogen-bond donors (Lipinski definition) is 1. The lowest BCUT2D eigenvalue weighted by Crippen LogP contribution is -2.20. The van der Waals surface area contributed by atoms with Crippen LogP contribution in [0.3, 0.4) is 0 Å². The van der Waals surface area contributed by atoms with E-state index in [9.17, 15) is 0 Å². The van der Waals surface area contributed by atoms with E-state index in [1.165, 1.54) is 32.2 Å². The van der Waals surface area contributed by atoms with Gasteiger partial charge in [0.05, 0.1) is 0 Å². The Labute approximate surface area is 63.5 Å². The van der Waals surface area contributed by atoms with Crippen LogP contribution in [-0.4, -0.2) is 13.1 Å². The Morgan fingerprint density at radius 2 is 2.10 bits per heavy atom. The average Bonchev–Trinajstić information content (AvgIpc) is 2.41. The Morgan fingerprint density at radius 3 is 2.70 bits per heavy atom. The standard InChI is InChI=1S/C9H17N/c1-2-7-10-8-9-5-3-4-6-9/h2,9-10H,1,3-8H2. The quantitative estimate of drug-likeness (QED) is 0.463. The number of rotatable bonds is 4. The molecule has 1 aliphatic carbocycles. The monoisotopic (exact) mass is 139 g/mol. The van der Waals surface area contributed by atoms with E-state index < -0.39 is 0 Å². The molecule has 0 unspecified atom stereocenters. The first-order valence-corrected chi connectivity index (χ1v) is 4.25.